The molecule has 2 aliphatic heterocycles. The Morgan fingerprint density at radius 3 is 2.81 bits per heavy atom. The van der Waals surface area contributed by atoms with Crippen LogP contribution in [0.2, 0.25) is 0 Å². The Balaban J connectivity index is 1.54. The SMILES string of the molecule is CCc1cc(=O)oc2cc(C)cc(OCC(=O)N3C[C@@H]4COC(=O)[C@@H]4C3)c12. The molecule has 142 valence electrons. The molecule has 2 saturated heterocycles. The van der Waals surface area contributed by atoms with Gasteiger partial charge in [-0.05, 0) is 36.6 Å². The van der Waals surface area contributed by atoms with Crippen molar-refractivity contribution in [1.82, 2.24) is 4.90 Å². The van der Waals surface area contributed by atoms with Gasteiger partial charge in [0.15, 0.2) is 6.61 Å². The third-order valence-electron chi connectivity index (χ3n) is 5.30. The molecule has 2 aromatic rings. The van der Waals surface area contributed by atoms with Gasteiger partial charge in [-0.3, -0.25) is 9.59 Å². The van der Waals surface area contributed by atoms with Gasteiger partial charge in [0.2, 0.25) is 0 Å². The first-order valence-electron chi connectivity index (χ1n) is 9.11. The molecule has 0 unspecified atom stereocenters. The number of benzene rings is 1. The van der Waals surface area contributed by atoms with Gasteiger partial charge in [-0.15, -0.1) is 0 Å². The average molecular weight is 371 g/mol. The summed E-state index contributed by atoms with van der Waals surface area (Å²) in [5, 5.41) is 0.720. The second-order valence-electron chi connectivity index (χ2n) is 7.16. The summed E-state index contributed by atoms with van der Waals surface area (Å²) in [6.07, 6.45) is 0.646. The molecule has 0 bridgehead atoms. The van der Waals surface area contributed by atoms with Crippen LogP contribution in [0.25, 0.3) is 11.0 Å². The maximum Gasteiger partial charge on any atom is 0.336 e. The molecule has 0 saturated carbocycles. The summed E-state index contributed by atoms with van der Waals surface area (Å²) in [5.41, 5.74) is 1.75. The zero-order valence-corrected chi connectivity index (χ0v) is 15.3. The van der Waals surface area contributed by atoms with Crippen molar-refractivity contribution >= 4 is 22.8 Å². The van der Waals surface area contributed by atoms with Gasteiger partial charge in [-0.2, -0.15) is 0 Å². The summed E-state index contributed by atoms with van der Waals surface area (Å²) in [6, 6.07) is 5.09. The lowest BCUT2D eigenvalue weighted by molar-refractivity contribution is -0.142. The summed E-state index contributed by atoms with van der Waals surface area (Å²) in [6.45, 7) is 4.98. The summed E-state index contributed by atoms with van der Waals surface area (Å²) in [7, 11) is 0. The fraction of sp³-hybridized carbons (Fsp3) is 0.450. The number of fused-ring (bicyclic) bond motifs is 2. The van der Waals surface area contributed by atoms with E-state index in [0.717, 1.165) is 16.5 Å². The van der Waals surface area contributed by atoms with E-state index in [9.17, 15) is 14.4 Å². The molecule has 2 atom stereocenters. The normalized spacial score (nSPS) is 21.4. The number of rotatable bonds is 4. The molecule has 7 heteroatoms. The molecule has 0 radical (unpaired) electrons. The van der Waals surface area contributed by atoms with Crippen molar-refractivity contribution in [3.63, 3.8) is 0 Å². The van der Waals surface area contributed by atoms with Crippen LogP contribution in [0.3, 0.4) is 0 Å². The fourth-order valence-corrected chi connectivity index (χ4v) is 3.90. The van der Waals surface area contributed by atoms with E-state index < -0.39 is 5.63 Å². The van der Waals surface area contributed by atoms with Crippen molar-refractivity contribution in [2.45, 2.75) is 20.3 Å². The third kappa shape index (κ3) is 3.18. The van der Waals surface area contributed by atoms with Crippen LogP contribution in [0.4, 0.5) is 0 Å². The molecule has 1 amide bonds. The lowest BCUT2D eigenvalue weighted by atomic mass is 10.0. The number of cyclic esters (lactones) is 1. The maximum atomic E-state index is 12.6. The van der Waals surface area contributed by atoms with Gasteiger partial charge in [0.05, 0.1) is 17.9 Å². The van der Waals surface area contributed by atoms with Gasteiger partial charge in [-0.25, -0.2) is 4.79 Å². The number of hydrogen-bond donors (Lipinski definition) is 0. The maximum absolute atomic E-state index is 12.6. The van der Waals surface area contributed by atoms with Crippen LogP contribution in [-0.2, 0) is 20.7 Å². The largest absolute Gasteiger partial charge is 0.483 e. The molecule has 2 fully saturated rings. The summed E-state index contributed by atoms with van der Waals surface area (Å²) in [5.74, 6) is 0.0143. The molecule has 0 N–H and O–H groups in total. The molecule has 1 aromatic heterocycles. The van der Waals surface area contributed by atoms with Crippen molar-refractivity contribution in [1.29, 1.82) is 0 Å². The molecule has 7 nitrogen and oxygen atoms in total. The minimum absolute atomic E-state index is 0.0854. The second-order valence-corrected chi connectivity index (χ2v) is 7.16. The van der Waals surface area contributed by atoms with Gasteiger partial charge < -0.3 is 18.8 Å². The van der Waals surface area contributed by atoms with E-state index in [4.69, 9.17) is 13.9 Å². The van der Waals surface area contributed by atoms with E-state index in [2.05, 4.69) is 0 Å². The topological polar surface area (TPSA) is 86.1 Å². The van der Waals surface area contributed by atoms with Crippen molar-refractivity contribution < 1.29 is 23.5 Å². The van der Waals surface area contributed by atoms with E-state index in [-0.39, 0.29) is 30.3 Å². The molecule has 2 aliphatic rings. The molecular formula is C20H21NO6. The van der Waals surface area contributed by atoms with E-state index in [1.54, 1.807) is 11.0 Å². The highest BCUT2D eigenvalue weighted by molar-refractivity contribution is 5.88. The first kappa shape index (κ1) is 17.6. The van der Waals surface area contributed by atoms with Crippen molar-refractivity contribution in [2.24, 2.45) is 11.8 Å². The lowest BCUT2D eigenvalue weighted by Crippen LogP contribution is -2.34. The molecule has 1 aromatic carbocycles. The van der Waals surface area contributed by atoms with Crippen LogP contribution in [0, 0.1) is 18.8 Å². The minimum Gasteiger partial charge on any atom is -0.483 e. The summed E-state index contributed by atoms with van der Waals surface area (Å²) in [4.78, 5) is 37.6. The van der Waals surface area contributed by atoms with E-state index in [1.165, 1.54) is 6.07 Å². The quantitative estimate of drug-likeness (QED) is 0.600. The van der Waals surface area contributed by atoms with Gasteiger partial charge in [0.25, 0.3) is 5.91 Å². The highest BCUT2D eigenvalue weighted by Gasteiger charge is 2.45. The Morgan fingerprint density at radius 1 is 1.26 bits per heavy atom. The number of aryl methyl sites for hydroxylation is 2. The van der Waals surface area contributed by atoms with Crippen molar-refractivity contribution in [3.8, 4) is 5.75 Å². The molecular weight excluding hydrogens is 350 g/mol. The average Bonchev–Trinajstić information content (AvgIpc) is 3.20. The van der Waals surface area contributed by atoms with E-state index in [1.807, 2.05) is 19.9 Å². The number of amides is 1. The van der Waals surface area contributed by atoms with Gasteiger partial charge in [-0.1, -0.05) is 6.92 Å². The number of nitrogens with zero attached hydrogens (tertiary/aromatic N) is 1. The number of ether oxygens (including phenoxy) is 2. The molecule has 0 spiro atoms. The summed E-state index contributed by atoms with van der Waals surface area (Å²) >= 11 is 0. The monoisotopic (exact) mass is 371 g/mol. The van der Waals surface area contributed by atoms with Crippen LogP contribution >= 0.6 is 0 Å². The molecule has 0 aliphatic carbocycles. The van der Waals surface area contributed by atoms with Crippen molar-refractivity contribution in [3.05, 3.63) is 39.7 Å². The molecule has 27 heavy (non-hydrogen) atoms. The minimum atomic E-state index is -0.400. The van der Waals surface area contributed by atoms with Crippen LogP contribution in [0.5, 0.6) is 5.75 Å². The van der Waals surface area contributed by atoms with Crippen LogP contribution < -0.4 is 10.4 Å². The highest BCUT2D eigenvalue weighted by Crippen LogP contribution is 2.32. The number of esters is 1. The predicted octanol–water partition coefficient (Wildman–Crippen LogP) is 1.67. The van der Waals surface area contributed by atoms with Crippen LogP contribution in [-0.4, -0.2) is 43.1 Å². The Kier molecular flexibility index (Phi) is 4.37. The standard InChI is InChI=1S/C20H21NO6/c1-3-12-6-18(23)27-16-5-11(2)4-15(19(12)16)25-10-17(22)21-7-13-9-26-20(24)14(13)8-21/h4-6,13-14H,3,7-10H2,1-2H3/t13-,14-/m1/s1. The lowest BCUT2D eigenvalue weighted by Gasteiger charge is -2.18. The number of carbonyl (C=O) groups is 2. The first-order chi connectivity index (χ1) is 13.0. The van der Waals surface area contributed by atoms with Gasteiger partial charge in [0.1, 0.15) is 11.3 Å². The van der Waals surface area contributed by atoms with E-state index in [0.29, 0.717) is 37.4 Å². The number of likely N-dealkylation sites (tertiary alicyclic amines) is 1. The van der Waals surface area contributed by atoms with Gasteiger partial charge in [0, 0.05) is 25.1 Å². The second kappa shape index (κ2) is 6.72. The Morgan fingerprint density at radius 2 is 2.07 bits per heavy atom. The zero-order valence-electron chi connectivity index (χ0n) is 15.3. The first-order valence-corrected chi connectivity index (χ1v) is 9.11. The Bertz CT molecular complexity index is 978. The molecule has 4 rings (SSSR count). The number of carbonyl (C=O) groups excluding carboxylic acids is 2. The third-order valence-corrected chi connectivity index (χ3v) is 5.30. The fourth-order valence-electron chi connectivity index (χ4n) is 3.90. The highest BCUT2D eigenvalue weighted by atomic mass is 16.5. The van der Waals surface area contributed by atoms with Crippen molar-refractivity contribution in [2.75, 3.05) is 26.3 Å². The number of hydrogen-bond acceptors (Lipinski definition) is 6. The zero-order chi connectivity index (χ0) is 19.1. The predicted molar refractivity (Wildman–Crippen MR) is 96.6 cm³/mol. The van der Waals surface area contributed by atoms with Gasteiger partial charge >= 0.3 is 11.6 Å². The Hall–Kier alpha value is -2.83. The van der Waals surface area contributed by atoms with Crippen LogP contribution in [0.1, 0.15) is 18.1 Å². The Labute approximate surface area is 155 Å². The molecule has 3 heterocycles. The smallest absolute Gasteiger partial charge is 0.336 e. The van der Waals surface area contributed by atoms with Crippen LogP contribution in [0.15, 0.2) is 27.4 Å². The van der Waals surface area contributed by atoms with E-state index >= 15 is 0 Å². The summed E-state index contributed by atoms with van der Waals surface area (Å²) < 4.78 is 16.2.